The first-order valence-electron chi connectivity index (χ1n) is 7.84. The van der Waals surface area contributed by atoms with Gasteiger partial charge in [0.1, 0.15) is 13.2 Å². The maximum absolute atomic E-state index is 5.63. The molecular formula is C17H25NO2. The van der Waals surface area contributed by atoms with Crippen LogP contribution in [0.2, 0.25) is 0 Å². The van der Waals surface area contributed by atoms with Crippen LogP contribution in [0.15, 0.2) is 18.2 Å². The molecule has 3 rings (SSSR count). The molecule has 0 saturated heterocycles. The van der Waals surface area contributed by atoms with Crippen molar-refractivity contribution in [1.29, 1.82) is 0 Å². The normalized spacial score (nSPS) is 29.2. The quantitative estimate of drug-likeness (QED) is 0.917. The fourth-order valence-electron chi connectivity index (χ4n) is 3.19. The van der Waals surface area contributed by atoms with Crippen LogP contribution in [0.4, 0.5) is 0 Å². The number of nitrogens with one attached hydrogen (secondary N) is 1. The van der Waals surface area contributed by atoms with Crippen LogP contribution in [0.5, 0.6) is 11.5 Å². The Labute approximate surface area is 121 Å². The lowest BCUT2D eigenvalue weighted by Crippen LogP contribution is -2.35. The maximum atomic E-state index is 5.63. The molecule has 3 heteroatoms. The number of hydrogen-bond donors (Lipinski definition) is 1. The summed E-state index contributed by atoms with van der Waals surface area (Å²) in [5.41, 5.74) is 1.28. The zero-order valence-corrected chi connectivity index (χ0v) is 12.5. The number of rotatable bonds is 3. The van der Waals surface area contributed by atoms with Gasteiger partial charge >= 0.3 is 0 Å². The molecule has 1 aromatic carbocycles. The standard InChI is InChI=1S/C17H25NO2/c1-12-3-5-15(9-13(12)2)18-11-14-4-6-16-17(10-14)20-8-7-19-16/h4,6,10,12-13,15,18H,3,5,7-9,11H2,1-2H3. The summed E-state index contributed by atoms with van der Waals surface area (Å²) in [6, 6.07) is 6.93. The molecule has 3 unspecified atom stereocenters. The van der Waals surface area contributed by atoms with Crippen molar-refractivity contribution in [3.8, 4) is 11.5 Å². The minimum Gasteiger partial charge on any atom is -0.486 e. The Morgan fingerprint density at radius 1 is 1.05 bits per heavy atom. The molecule has 0 bridgehead atoms. The van der Waals surface area contributed by atoms with Gasteiger partial charge in [-0.05, 0) is 48.8 Å². The first-order chi connectivity index (χ1) is 9.72. The molecule has 1 heterocycles. The minimum absolute atomic E-state index is 0.655. The Morgan fingerprint density at radius 3 is 2.65 bits per heavy atom. The number of benzene rings is 1. The van der Waals surface area contributed by atoms with Gasteiger partial charge in [-0.25, -0.2) is 0 Å². The summed E-state index contributed by atoms with van der Waals surface area (Å²) >= 11 is 0. The lowest BCUT2D eigenvalue weighted by Gasteiger charge is -2.32. The fraction of sp³-hybridized carbons (Fsp3) is 0.647. The van der Waals surface area contributed by atoms with Gasteiger partial charge in [0.2, 0.25) is 0 Å². The summed E-state index contributed by atoms with van der Waals surface area (Å²) in [4.78, 5) is 0. The molecule has 20 heavy (non-hydrogen) atoms. The molecular weight excluding hydrogens is 250 g/mol. The van der Waals surface area contributed by atoms with E-state index in [1.54, 1.807) is 0 Å². The van der Waals surface area contributed by atoms with Crippen molar-refractivity contribution >= 4 is 0 Å². The van der Waals surface area contributed by atoms with Gasteiger partial charge in [-0.15, -0.1) is 0 Å². The lowest BCUT2D eigenvalue weighted by atomic mass is 9.79. The number of fused-ring (bicyclic) bond motifs is 1. The largest absolute Gasteiger partial charge is 0.486 e. The molecule has 1 fully saturated rings. The third-order valence-corrected chi connectivity index (χ3v) is 4.80. The molecule has 1 aliphatic carbocycles. The molecule has 1 aromatic rings. The van der Waals surface area contributed by atoms with Crippen LogP contribution in [-0.2, 0) is 6.54 Å². The highest BCUT2D eigenvalue weighted by atomic mass is 16.6. The molecule has 0 aromatic heterocycles. The van der Waals surface area contributed by atoms with E-state index in [0.29, 0.717) is 19.3 Å². The van der Waals surface area contributed by atoms with Crippen molar-refractivity contribution in [2.45, 2.75) is 45.7 Å². The van der Waals surface area contributed by atoms with E-state index < -0.39 is 0 Å². The van der Waals surface area contributed by atoms with Crippen LogP contribution in [0.3, 0.4) is 0 Å². The van der Waals surface area contributed by atoms with Gasteiger partial charge in [0, 0.05) is 12.6 Å². The van der Waals surface area contributed by atoms with Gasteiger partial charge in [0.15, 0.2) is 11.5 Å². The topological polar surface area (TPSA) is 30.5 Å². The van der Waals surface area contributed by atoms with Crippen molar-refractivity contribution in [2.24, 2.45) is 11.8 Å². The van der Waals surface area contributed by atoms with Gasteiger partial charge in [-0.3, -0.25) is 0 Å². The Kier molecular flexibility index (Phi) is 4.16. The lowest BCUT2D eigenvalue weighted by molar-refractivity contribution is 0.171. The molecule has 1 saturated carbocycles. The van der Waals surface area contributed by atoms with Crippen LogP contribution >= 0.6 is 0 Å². The average molecular weight is 275 g/mol. The van der Waals surface area contributed by atoms with E-state index in [-0.39, 0.29) is 0 Å². The van der Waals surface area contributed by atoms with Crippen LogP contribution in [0, 0.1) is 11.8 Å². The first-order valence-corrected chi connectivity index (χ1v) is 7.84. The molecule has 0 spiro atoms. The van der Waals surface area contributed by atoms with Crippen LogP contribution in [0.25, 0.3) is 0 Å². The molecule has 3 atom stereocenters. The second-order valence-electron chi connectivity index (χ2n) is 6.32. The van der Waals surface area contributed by atoms with Crippen LogP contribution < -0.4 is 14.8 Å². The van der Waals surface area contributed by atoms with E-state index in [0.717, 1.165) is 29.9 Å². The molecule has 1 aliphatic heterocycles. The van der Waals surface area contributed by atoms with E-state index in [2.05, 4.69) is 31.3 Å². The zero-order valence-electron chi connectivity index (χ0n) is 12.5. The predicted octanol–water partition coefficient (Wildman–Crippen LogP) is 3.37. The Morgan fingerprint density at radius 2 is 1.85 bits per heavy atom. The van der Waals surface area contributed by atoms with Crippen LogP contribution in [0.1, 0.15) is 38.7 Å². The van der Waals surface area contributed by atoms with Crippen molar-refractivity contribution < 1.29 is 9.47 Å². The van der Waals surface area contributed by atoms with Gasteiger partial charge in [0.25, 0.3) is 0 Å². The SMILES string of the molecule is CC1CCC(NCc2ccc3c(c2)OCCO3)CC1C. The Balaban J connectivity index is 1.56. The summed E-state index contributed by atoms with van der Waals surface area (Å²) < 4.78 is 11.2. The second kappa shape index (κ2) is 6.04. The average Bonchev–Trinajstić information content (AvgIpc) is 2.48. The van der Waals surface area contributed by atoms with E-state index in [9.17, 15) is 0 Å². The predicted molar refractivity (Wildman–Crippen MR) is 80.2 cm³/mol. The highest BCUT2D eigenvalue weighted by Crippen LogP contribution is 2.32. The van der Waals surface area contributed by atoms with Crippen molar-refractivity contribution in [2.75, 3.05) is 13.2 Å². The van der Waals surface area contributed by atoms with Crippen molar-refractivity contribution in [1.82, 2.24) is 5.32 Å². The van der Waals surface area contributed by atoms with Gasteiger partial charge in [-0.1, -0.05) is 19.9 Å². The highest BCUT2D eigenvalue weighted by Gasteiger charge is 2.24. The minimum atomic E-state index is 0.655. The van der Waals surface area contributed by atoms with E-state index >= 15 is 0 Å². The molecule has 110 valence electrons. The molecule has 0 amide bonds. The summed E-state index contributed by atoms with van der Waals surface area (Å²) in [5, 5.41) is 3.70. The summed E-state index contributed by atoms with van der Waals surface area (Å²) in [6.45, 7) is 6.98. The third-order valence-electron chi connectivity index (χ3n) is 4.80. The van der Waals surface area contributed by atoms with Crippen molar-refractivity contribution in [3.05, 3.63) is 23.8 Å². The summed E-state index contributed by atoms with van der Waals surface area (Å²) in [5.74, 6) is 3.48. The van der Waals surface area contributed by atoms with Gasteiger partial charge in [-0.2, -0.15) is 0 Å². The Hall–Kier alpha value is -1.22. The smallest absolute Gasteiger partial charge is 0.161 e. The van der Waals surface area contributed by atoms with Crippen molar-refractivity contribution in [3.63, 3.8) is 0 Å². The molecule has 3 nitrogen and oxygen atoms in total. The Bertz CT molecular complexity index is 460. The summed E-state index contributed by atoms with van der Waals surface area (Å²) in [7, 11) is 0. The van der Waals surface area contributed by atoms with Crippen LogP contribution in [-0.4, -0.2) is 19.3 Å². The fourth-order valence-corrected chi connectivity index (χ4v) is 3.19. The first kappa shape index (κ1) is 13.7. The number of ether oxygens (including phenoxy) is 2. The molecule has 0 radical (unpaired) electrons. The van der Waals surface area contributed by atoms with E-state index in [4.69, 9.17) is 9.47 Å². The highest BCUT2D eigenvalue weighted by molar-refractivity contribution is 5.43. The maximum Gasteiger partial charge on any atom is 0.161 e. The monoisotopic (exact) mass is 275 g/mol. The molecule has 2 aliphatic rings. The second-order valence-corrected chi connectivity index (χ2v) is 6.32. The third kappa shape index (κ3) is 3.09. The van der Waals surface area contributed by atoms with E-state index in [1.165, 1.54) is 24.8 Å². The summed E-state index contributed by atoms with van der Waals surface area (Å²) in [6.07, 6.45) is 3.95. The number of hydrogen-bond acceptors (Lipinski definition) is 3. The van der Waals surface area contributed by atoms with Gasteiger partial charge in [0.05, 0.1) is 0 Å². The molecule has 1 N–H and O–H groups in total. The van der Waals surface area contributed by atoms with Gasteiger partial charge < -0.3 is 14.8 Å². The zero-order chi connectivity index (χ0) is 13.9. The van der Waals surface area contributed by atoms with E-state index in [1.807, 2.05) is 6.07 Å².